The first-order chi connectivity index (χ1) is 12.2. The molecule has 5 heterocycles. The summed E-state index contributed by atoms with van der Waals surface area (Å²) in [6, 6.07) is 3.82. The number of anilines is 1. The first-order valence-corrected chi connectivity index (χ1v) is 8.11. The number of nitrogens with two attached hydrogens (primary N) is 1. The molecule has 5 rings (SSSR count). The van der Waals surface area contributed by atoms with Gasteiger partial charge in [-0.15, -0.1) is 0 Å². The van der Waals surface area contributed by atoms with Gasteiger partial charge in [-0.05, 0) is 31.2 Å². The van der Waals surface area contributed by atoms with E-state index in [1.165, 1.54) is 5.57 Å². The number of rotatable bonds is 2. The number of hydrazone groups is 1. The fourth-order valence-electron chi connectivity index (χ4n) is 3.71. The Balaban J connectivity index is 1.59. The highest BCUT2D eigenvalue weighted by molar-refractivity contribution is 5.89. The Bertz CT molecular complexity index is 950. The Hall–Kier alpha value is -3.35. The molecule has 0 aromatic carbocycles. The van der Waals surface area contributed by atoms with Crippen molar-refractivity contribution in [2.24, 2.45) is 10.1 Å². The fourth-order valence-corrected chi connectivity index (χ4v) is 3.71. The van der Waals surface area contributed by atoms with Gasteiger partial charge in [-0.2, -0.15) is 5.10 Å². The molecule has 0 saturated heterocycles. The van der Waals surface area contributed by atoms with E-state index in [0.29, 0.717) is 5.82 Å². The second kappa shape index (κ2) is 4.83. The average molecular weight is 331 g/mol. The van der Waals surface area contributed by atoms with Gasteiger partial charge in [-0.1, -0.05) is 0 Å². The van der Waals surface area contributed by atoms with E-state index < -0.39 is 5.79 Å². The molecule has 0 bridgehead atoms. The molecule has 1 aromatic heterocycles. The number of nitrogen functional groups attached to an aromatic ring is 1. The molecular formula is C18H17N7. The summed E-state index contributed by atoms with van der Waals surface area (Å²) in [7, 11) is 0. The molecule has 4 aliphatic heterocycles. The van der Waals surface area contributed by atoms with Crippen molar-refractivity contribution in [3.8, 4) is 0 Å². The molecule has 7 nitrogen and oxygen atoms in total. The molecule has 0 aliphatic carbocycles. The Morgan fingerprint density at radius 1 is 1.36 bits per heavy atom. The van der Waals surface area contributed by atoms with Crippen molar-refractivity contribution in [2.75, 3.05) is 12.3 Å². The van der Waals surface area contributed by atoms with Gasteiger partial charge < -0.3 is 16.0 Å². The van der Waals surface area contributed by atoms with Gasteiger partial charge in [0.05, 0.1) is 5.70 Å². The van der Waals surface area contributed by atoms with Gasteiger partial charge in [0, 0.05) is 60.0 Å². The fraction of sp³-hybridized carbons (Fsp3) is 0.167. The van der Waals surface area contributed by atoms with Gasteiger partial charge in [0.25, 0.3) is 0 Å². The lowest BCUT2D eigenvalue weighted by Crippen LogP contribution is -2.60. The van der Waals surface area contributed by atoms with Gasteiger partial charge in [0.2, 0.25) is 5.79 Å². The van der Waals surface area contributed by atoms with E-state index in [9.17, 15) is 0 Å². The number of aromatic nitrogens is 1. The van der Waals surface area contributed by atoms with Crippen LogP contribution in [0.1, 0.15) is 12.5 Å². The maximum atomic E-state index is 5.89. The maximum absolute atomic E-state index is 5.89. The molecule has 25 heavy (non-hydrogen) atoms. The summed E-state index contributed by atoms with van der Waals surface area (Å²) in [5, 5.41) is 10.3. The minimum Gasteiger partial charge on any atom is -0.384 e. The molecule has 124 valence electrons. The Morgan fingerprint density at radius 3 is 3.12 bits per heavy atom. The first kappa shape index (κ1) is 14.0. The summed E-state index contributed by atoms with van der Waals surface area (Å²) < 4.78 is 0. The number of fused-ring (bicyclic) bond motifs is 2. The molecule has 1 atom stereocenters. The summed E-state index contributed by atoms with van der Waals surface area (Å²) in [5.41, 5.74) is 11.3. The van der Waals surface area contributed by atoms with E-state index in [1.54, 1.807) is 12.4 Å². The molecule has 0 radical (unpaired) electrons. The SMILES string of the molecule is CC1=C(c2ccnc(N)c2)N2N=CC=CC2(N2C=C3C=NC=C3C2)N1. The lowest BCUT2D eigenvalue weighted by atomic mass is 10.1. The van der Waals surface area contributed by atoms with Gasteiger partial charge in [-0.3, -0.25) is 4.99 Å². The largest absolute Gasteiger partial charge is 0.384 e. The van der Waals surface area contributed by atoms with Crippen LogP contribution >= 0.6 is 0 Å². The quantitative estimate of drug-likeness (QED) is 0.861. The zero-order valence-electron chi connectivity index (χ0n) is 13.7. The number of hydrogen-bond acceptors (Lipinski definition) is 7. The van der Waals surface area contributed by atoms with Gasteiger partial charge in [0.15, 0.2) is 0 Å². The van der Waals surface area contributed by atoms with Crippen LogP contribution in [0.15, 0.2) is 69.8 Å². The molecule has 0 amide bonds. The topological polar surface area (TPSA) is 82.1 Å². The van der Waals surface area contributed by atoms with Crippen LogP contribution in [0.25, 0.3) is 5.70 Å². The third-order valence-electron chi connectivity index (χ3n) is 4.80. The minimum atomic E-state index is -0.571. The van der Waals surface area contributed by atoms with Crippen molar-refractivity contribution >= 4 is 23.9 Å². The van der Waals surface area contributed by atoms with E-state index in [1.807, 2.05) is 35.6 Å². The summed E-state index contributed by atoms with van der Waals surface area (Å²) in [6.07, 6.45) is 13.6. The van der Waals surface area contributed by atoms with Crippen LogP contribution in [-0.4, -0.2) is 39.7 Å². The highest BCUT2D eigenvalue weighted by Crippen LogP contribution is 2.42. The van der Waals surface area contributed by atoms with Gasteiger partial charge in [-0.25, -0.2) is 9.99 Å². The Kier molecular flexibility index (Phi) is 2.71. The van der Waals surface area contributed by atoms with Crippen molar-refractivity contribution < 1.29 is 0 Å². The normalized spacial score (nSPS) is 26.0. The van der Waals surface area contributed by atoms with Crippen molar-refractivity contribution in [1.29, 1.82) is 0 Å². The minimum absolute atomic E-state index is 0.492. The van der Waals surface area contributed by atoms with E-state index in [-0.39, 0.29) is 0 Å². The van der Waals surface area contributed by atoms with Gasteiger partial charge >= 0.3 is 0 Å². The number of allylic oxidation sites excluding steroid dienone is 2. The van der Waals surface area contributed by atoms with E-state index in [0.717, 1.165) is 29.1 Å². The van der Waals surface area contributed by atoms with Crippen LogP contribution in [0.3, 0.4) is 0 Å². The van der Waals surface area contributed by atoms with E-state index in [4.69, 9.17) is 5.73 Å². The maximum Gasteiger partial charge on any atom is 0.230 e. The molecule has 4 aliphatic rings. The molecule has 0 spiro atoms. The van der Waals surface area contributed by atoms with Crippen molar-refractivity contribution in [3.05, 3.63) is 65.3 Å². The molecule has 0 fully saturated rings. The third kappa shape index (κ3) is 1.89. The third-order valence-corrected chi connectivity index (χ3v) is 4.80. The second-order valence-corrected chi connectivity index (χ2v) is 6.37. The number of pyridine rings is 1. The Labute approximate surface area is 145 Å². The monoisotopic (exact) mass is 331 g/mol. The number of nitrogens with zero attached hydrogens (tertiary/aromatic N) is 5. The molecular weight excluding hydrogens is 314 g/mol. The van der Waals surface area contributed by atoms with Gasteiger partial charge in [0.1, 0.15) is 5.82 Å². The lowest BCUT2D eigenvalue weighted by molar-refractivity contribution is 0.0577. The lowest BCUT2D eigenvalue weighted by Gasteiger charge is -2.43. The first-order valence-electron chi connectivity index (χ1n) is 8.11. The number of aliphatic imine (C=N–C) groups is 1. The van der Waals surface area contributed by atoms with Crippen LogP contribution in [0.4, 0.5) is 5.82 Å². The molecule has 1 unspecified atom stereocenters. The standard InChI is InChI=1S/C18H17N7/c1-12-17(13-3-6-21-16(19)7-13)25-18(23-12,4-2-5-22-25)24-10-14-8-20-9-15(14)11-24/h2-10,23H,11H2,1H3,(H2,19,21). The van der Waals surface area contributed by atoms with Crippen LogP contribution in [0, 0.1) is 0 Å². The zero-order valence-corrected chi connectivity index (χ0v) is 13.7. The van der Waals surface area contributed by atoms with Crippen molar-refractivity contribution in [3.63, 3.8) is 0 Å². The molecule has 3 N–H and O–H groups in total. The summed E-state index contributed by atoms with van der Waals surface area (Å²) in [6.45, 7) is 2.83. The van der Waals surface area contributed by atoms with Crippen LogP contribution < -0.4 is 11.1 Å². The average Bonchev–Trinajstić information content (AvgIpc) is 3.25. The van der Waals surface area contributed by atoms with E-state index >= 15 is 0 Å². The smallest absolute Gasteiger partial charge is 0.230 e. The Morgan fingerprint density at radius 2 is 2.28 bits per heavy atom. The van der Waals surface area contributed by atoms with Crippen LogP contribution in [0.2, 0.25) is 0 Å². The molecule has 1 aromatic rings. The predicted octanol–water partition coefficient (Wildman–Crippen LogP) is 1.63. The summed E-state index contributed by atoms with van der Waals surface area (Å²) >= 11 is 0. The van der Waals surface area contributed by atoms with Crippen molar-refractivity contribution in [2.45, 2.75) is 12.7 Å². The summed E-state index contributed by atoms with van der Waals surface area (Å²) in [4.78, 5) is 10.6. The number of nitrogens with one attached hydrogen (secondary N) is 1. The zero-order chi connectivity index (χ0) is 17.0. The van der Waals surface area contributed by atoms with Crippen molar-refractivity contribution in [1.82, 2.24) is 20.2 Å². The number of hydrogen-bond donors (Lipinski definition) is 2. The van der Waals surface area contributed by atoms with E-state index in [2.05, 4.69) is 44.5 Å². The van der Waals surface area contributed by atoms with Crippen LogP contribution in [0.5, 0.6) is 0 Å². The second-order valence-electron chi connectivity index (χ2n) is 6.37. The predicted molar refractivity (Wildman–Crippen MR) is 97.9 cm³/mol. The molecule has 0 saturated carbocycles. The van der Waals surface area contributed by atoms with Crippen LogP contribution in [-0.2, 0) is 0 Å². The summed E-state index contributed by atoms with van der Waals surface area (Å²) in [5.74, 6) is -0.0795. The highest BCUT2D eigenvalue weighted by atomic mass is 15.7. The molecule has 7 heteroatoms. The highest BCUT2D eigenvalue weighted by Gasteiger charge is 2.49.